The molecule has 2 aromatic carbocycles. The molecule has 0 atom stereocenters. The number of anilines is 1. The molecule has 0 spiro atoms. The van der Waals surface area contributed by atoms with Crippen LogP contribution in [-0.2, 0) is 0 Å². The first-order valence-corrected chi connectivity index (χ1v) is 4.85. The number of hydrogen-bond acceptors (Lipinski definition) is 2. The lowest BCUT2D eigenvalue weighted by Crippen LogP contribution is -1.84. The second-order valence-corrected chi connectivity index (χ2v) is 3.69. The minimum Gasteiger partial charge on any atom is -0.399 e. The molecule has 0 bridgehead atoms. The van der Waals surface area contributed by atoms with Gasteiger partial charge < -0.3 is 5.73 Å². The molecule has 2 aromatic rings. The summed E-state index contributed by atoms with van der Waals surface area (Å²) < 4.78 is 0. The molecule has 2 rings (SSSR count). The maximum atomic E-state index is 5.71. The Morgan fingerprint density at radius 2 is 1.50 bits per heavy atom. The maximum Gasteiger partial charge on any atom is 0.0320 e. The van der Waals surface area contributed by atoms with Gasteiger partial charge in [0.05, 0.1) is 0 Å². The Labute approximate surface area is 89.0 Å². The third-order valence-corrected chi connectivity index (χ3v) is 2.34. The lowest BCUT2D eigenvalue weighted by molar-refractivity contribution is 1.47. The van der Waals surface area contributed by atoms with Crippen molar-refractivity contribution in [1.82, 2.24) is 0 Å². The second kappa shape index (κ2) is 3.76. The lowest BCUT2D eigenvalue weighted by Gasteiger charge is -2.03. The molecule has 0 saturated heterocycles. The lowest BCUT2D eigenvalue weighted by atomic mass is 10.1. The number of hydrogen-bond donors (Lipinski definition) is 2. The minimum atomic E-state index is 0.784. The maximum absolute atomic E-state index is 5.71. The van der Waals surface area contributed by atoms with Crippen molar-refractivity contribution in [3.63, 3.8) is 0 Å². The first-order chi connectivity index (χ1) is 6.75. The van der Waals surface area contributed by atoms with Gasteiger partial charge in [-0.2, -0.15) is 0 Å². The molecule has 0 unspecified atom stereocenters. The van der Waals surface area contributed by atoms with Crippen molar-refractivity contribution in [2.24, 2.45) is 0 Å². The first-order valence-electron chi connectivity index (χ1n) is 4.41. The third-order valence-electron chi connectivity index (χ3n) is 2.07. The van der Waals surface area contributed by atoms with Gasteiger partial charge in [-0.05, 0) is 35.4 Å². The van der Waals surface area contributed by atoms with Crippen LogP contribution in [0.2, 0.25) is 0 Å². The van der Waals surface area contributed by atoms with E-state index >= 15 is 0 Å². The highest BCUT2D eigenvalue weighted by atomic mass is 32.1. The number of benzene rings is 2. The summed E-state index contributed by atoms with van der Waals surface area (Å²) in [4.78, 5) is 0.963. The highest BCUT2D eigenvalue weighted by Crippen LogP contribution is 2.23. The van der Waals surface area contributed by atoms with E-state index in [1.165, 1.54) is 0 Å². The van der Waals surface area contributed by atoms with Crippen LogP contribution >= 0.6 is 12.6 Å². The van der Waals surface area contributed by atoms with Gasteiger partial charge >= 0.3 is 0 Å². The summed E-state index contributed by atoms with van der Waals surface area (Å²) in [6, 6.07) is 15.9. The van der Waals surface area contributed by atoms with Crippen molar-refractivity contribution < 1.29 is 0 Å². The van der Waals surface area contributed by atoms with Crippen LogP contribution in [0.5, 0.6) is 0 Å². The molecule has 0 radical (unpaired) electrons. The fraction of sp³-hybridized carbons (Fsp3) is 0. The van der Waals surface area contributed by atoms with Crippen molar-refractivity contribution in [3.05, 3.63) is 48.5 Å². The van der Waals surface area contributed by atoms with E-state index in [1.807, 2.05) is 42.5 Å². The summed E-state index contributed by atoms with van der Waals surface area (Å²) in [7, 11) is 0. The average molecular weight is 201 g/mol. The second-order valence-electron chi connectivity index (χ2n) is 3.18. The zero-order valence-corrected chi connectivity index (χ0v) is 8.54. The van der Waals surface area contributed by atoms with Crippen LogP contribution in [0.4, 0.5) is 5.69 Å². The van der Waals surface area contributed by atoms with Crippen molar-refractivity contribution in [3.8, 4) is 11.1 Å². The van der Waals surface area contributed by atoms with Gasteiger partial charge in [0, 0.05) is 10.6 Å². The number of nitrogens with two attached hydrogens (primary N) is 1. The molecule has 14 heavy (non-hydrogen) atoms. The molecule has 0 aliphatic heterocycles. The van der Waals surface area contributed by atoms with Crippen LogP contribution in [-0.4, -0.2) is 0 Å². The SMILES string of the molecule is Nc1cccc(-c2cccc(S)c2)c1. The van der Waals surface area contributed by atoms with E-state index in [2.05, 4.69) is 18.7 Å². The molecule has 1 nitrogen and oxygen atoms in total. The Balaban J connectivity index is 2.49. The third kappa shape index (κ3) is 1.91. The molecule has 0 aliphatic rings. The van der Waals surface area contributed by atoms with Gasteiger partial charge in [-0.15, -0.1) is 12.6 Å². The number of rotatable bonds is 1. The summed E-state index contributed by atoms with van der Waals surface area (Å²) in [5.41, 5.74) is 8.77. The van der Waals surface area contributed by atoms with E-state index in [1.54, 1.807) is 0 Å². The molecule has 0 saturated carbocycles. The molecule has 0 aliphatic carbocycles. The van der Waals surface area contributed by atoms with Crippen LogP contribution in [0, 0.1) is 0 Å². The standard InChI is InChI=1S/C12H11NS/c13-11-5-1-3-9(7-11)10-4-2-6-12(14)8-10/h1-8,14H,13H2. The van der Waals surface area contributed by atoms with Crippen LogP contribution < -0.4 is 5.73 Å². The van der Waals surface area contributed by atoms with Gasteiger partial charge in [0.25, 0.3) is 0 Å². The zero-order chi connectivity index (χ0) is 9.97. The summed E-state index contributed by atoms with van der Waals surface area (Å²) in [6.07, 6.45) is 0. The molecule has 0 fully saturated rings. The quantitative estimate of drug-likeness (QED) is 0.537. The summed E-state index contributed by atoms with van der Waals surface area (Å²) in [5, 5.41) is 0. The van der Waals surface area contributed by atoms with E-state index in [0.717, 1.165) is 21.7 Å². The highest BCUT2D eigenvalue weighted by molar-refractivity contribution is 7.80. The molecule has 0 heterocycles. The number of nitrogen functional groups attached to an aromatic ring is 1. The van der Waals surface area contributed by atoms with Crippen LogP contribution in [0.1, 0.15) is 0 Å². The smallest absolute Gasteiger partial charge is 0.0320 e. The van der Waals surface area contributed by atoms with Crippen molar-refractivity contribution in [2.45, 2.75) is 4.90 Å². The Bertz CT molecular complexity index is 408. The Morgan fingerprint density at radius 3 is 2.14 bits per heavy atom. The molecule has 2 N–H and O–H groups in total. The fourth-order valence-corrected chi connectivity index (χ4v) is 1.63. The van der Waals surface area contributed by atoms with Crippen molar-refractivity contribution in [2.75, 3.05) is 5.73 Å². The van der Waals surface area contributed by atoms with E-state index < -0.39 is 0 Å². The summed E-state index contributed by atoms with van der Waals surface area (Å²) in [5.74, 6) is 0. The van der Waals surface area contributed by atoms with Gasteiger partial charge in [0.2, 0.25) is 0 Å². The highest BCUT2D eigenvalue weighted by Gasteiger charge is 1.97. The van der Waals surface area contributed by atoms with Gasteiger partial charge in [-0.25, -0.2) is 0 Å². The summed E-state index contributed by atoms with van der Waals surface area (Å²) in [6.45, 7) is 0. The van der Waals surface area contributed by atoms with Gasteiger partial charge in [0.1, 0.15) is 0 Å². The Kier molecular flexibility index (Phi) is 2.46. The van der Waals surface area contributed by atoms with E-state index in [-0.39, 0.29) is 0 Å². The molecular weight excluding hydrogens is 190 g/mol. The number of thiol groups is 1. The molecule has 2 heteroatoms. The van der Waals surface area contributed by atoms with Gasteiger partial charge in [-0.1, -0.05) is 24.3 Å². The summed E-state index contributed by atoms with van der Waals surface area (Å²) >= 11 is 4.30. The van der Waals surface area contributed by atoms with Gasteiger partial charge in [0.15, 0.2) is 0 Å². The first kappa shape index (κ1) is 9.16. The predicted octanol–water partition coefficient (Wildman–Crippen LogP) is 3.22. The fourth-order valence-electron chi connectivity index (χ4n) is 1.40. The zero-order valence-electron chi connectivity index (χ0n) is 7.64. The van der Waals surface area contributed by atoms with Gasteiger partial charge in [-0.3, -0.25) is 0 Å². The molecule has 70 valence electrons. The average Bonchev–Trinajstić information content (AvgIpc) is 2.18. The molecular formula is C12H11NS. The normalized spacial score (nSPS) is 10.1. The van der Waals surface area contributed by atoms with E-state index in [0.29, 0.717) is 0 Å². The van der Waals surface area contributed by atoms with Crippen molar-refractivity contribution >= 4 is 18.3 Å². The van der Waals surface area contributed by atoms with Crippen LogP contribution in [0.3, 0.4) is 0 Å². The molecule has 0 amide bonds. The topological polar surface area (TPSA) is 26.0 Å². The minimum absolute atomic E-state index is 0.784. The molecule has 0 aromatic heterocycles. The van der Waals surface area contributed by atoms with Crippen molar-refractivity contribution in [1.29, 1.82) is 0 Å². The van der Waals surface area contributed by atoms with E-state index in [4.69, 9.17) is 5.73 Å². The Hall–Kier alpha value is -1.41. The van der Waals surface area contributed by atoms with Crippen LogP contribution in [0.15, 0.2) is 53.4 Å². The van der Waals surface area contributed by atoms with Crippen LogP contribution in [0.25, 0.3) is 11.1 Å². The Morgan fingerprint density at radius 1 is 0.857 bits per heavy atom. The monoisotopic (exact) mass is 201 g/mol. The van der Waals surface area contributed by atoms with E-state index in [9.17, 15) is 0 Å². The predicted molar refractivity (Wildman–Crippen MR) is 63.5 cm³/mol. The largest absolute Gasteiger partial charge is 0.399 e.